The number of aryl methyl sites for hydroxylation is 1. The van der Waals surface area contributed by atoms with Crippen molar-refractivity contribution in [2.45, 2.75) is 77.2 Å². The van der Waals surface area contributed by atoms with Crippen LogP contribution in [0, 0.1) is 17.3 Å². The highest BCUT2D eigenvalue weighted by Gasteiger charge is 2.56. The molecule has 0 spiro atoms. The average Bonchev–Trinajstić information content (AvgIpc) is 2.95. The predicted molar refractivity (Wildman–Crippen MR) is 113 cm³/mol. The Kier molecular flexibility index (Phi) is 5.29. The molecule has 0 aromatic heterocycles. The lowest BCUT2D eigenvalue weighted by molar-refractivity contribution is -0.0291. The van der Waals surface area contributed by atoms with Crippen LogP contribution in [-0.2, 0) is 21.5 Å². The normalized spacial score (nSPS) is 32.8. The van der Waals surface area contributed by atoms with Gasteiger partial charge in [-0.2, -0.15) is 13.6 Å². The van der Waals surface area contributed by atoms with Crippen LogP contribution in [0.5, 0.6) is 5.75 Å². The Balaban J connectivity index is 1.68. The summed E-state index contributed by atoms with van der Waals surface area (Å²) in [6.45, 7) is 6.31. The van der Waals surface area contributed by atoms with Gasteiger partial charge in [-0.1, -0.05) is 26.8 Å². The maximum Gasteiger partial charge on any atom is 0.404 e. The van der Waals surface area contributed by atoms with Crippen LogP contribution >= 0.6 is 0 Å². The van der Waals surface area contributed by atoms with E-state index < -0.39 is 16.4 Å². The first-order valence-electron chi connectivity index (χ1n) is 10.8. The third kappa shape index (κ3) is 3.68. The van der Waals surface area contributed by atoms with E-state index in [1.165, 1.54) is 5.56 Å². The van der Waals surface area contributed by atoms with Gasteiger partial charge in [-0.25, -0.2) is 4.79 Å². The summed E-state index contributed by atoms with van der Waals surface area (Å²) >= 11 is 0. The van der Waals surface area contributed by atoms with Gasteiger partial charge in [0.15, 0.2) is 0 Å². The zero-order valence-corrected chi connectivity index (χ0v) is 18.7. The fourth-order valence-electron chi connectivity index (χ4n) is 6.55. The Morgan fingerprint density at radius 3 is 2.57 bits per heavy atom. The molecule has 30 heavy (non-hydrogen) atoms. The number of ether oxygens (including phenoxy) is 1. The summed E-state index contributed by atoms with van der Waals surface area (Å²) in [4.78, 5) is 11.4. The van der Waals surface area contributed by atoms with Gasteiger partial charge in [-0.15, -0.1) is 0 Å². The van der Waals surface area contributed by atoms with Crippen LogP contribution in [0.15, 0.2) is 12.1 Å². The molecule has 1 aromatic rings. The van der Waals surface area contributed by atoms with Crippen molar-refractivity contribution in [2.75, 3.05) is 0 Å². The van der Waals surface area contributed by atoms with E-state index in [1.54, 1.807) is 0 Å². The van der Waals surface area contributed by atoms with E-state index in [9.17, 15) is 13.2 Å². The first-order valence-corrected chi connectivity index (χ1v) is 12.3. The van der Waals surface area contributed by atoms with Crippen LogP contribution in [0.3, 0.4) is 0 Å². The molecule has 7 nitrogen and oxygen atoms in total. The quantitative estimate of drug-likeness (QED) is 0.745. The zero-order valence-electron chi connectivity index (χ0n) is 17.9. The Morgan fingerprint density at radius 2 is 1.93 bits per heavy atom. The second-order valence-electron chi connectivity index (χ2n) is 9.78. The van der Waals surface area contributed by atoms with E-state index in [-0.39, 0.29) is 17.4 Å². The second kappa shape index (κ2) is 7.41. The summed E-state index contributed by atoms with van der Waals surface area (Å²) in [5.41, 5.74) is 8.65. The Morgan fingerprint density at radius 1 is 1.20 bits per heavy atom. The van der Waals surface area contributed by atoms with E-state index in [1.807, 2.05) is 19.9 Å². The van der Waals surface area contributed by atoms with E-state index in [2.05, 4.69) is 13.0 Å². The smallest absolute Gasteiger partial charge is 0.404 e. The highest BCUT2D eigenvalue weighted by Crippen LogP contribution is 2.61. The number of hydrogen-bond donors (Lipinski definition) is 2. The van der Waals surface area contributed by atoms with E-state index >= 15 is 0 Å². The molecule has 0 saturated heterocycles. The van der Waals surface area contributed by atoms with Crippen molar-refractivity contribution in [2.24, 2.45) is 28.1 Å². The van der Waals surface area contributed by atoms with Crippen LogP contribution in [0.2, 0.25) is 0 Å². The molecule has 5 atom stereocenters. The molecule has 4 rings (SSSR count). The number of benzene rings is 1. The lowest BCUT2D eigenvalue weighted by Gasteiger charge is -2.50. The number of fused-ring (bicyclic) bond motifs is 5. The summed E-state index contributed by atoms with van der Waals surface area (Å²) in [6.07, 6.45) is 5.08. The van der Waals surface area contributed by atoms with Crippen molar-refractivity contribution in [1.82, 2.24) is 0 Å². The van der Waals surface area contributed by atoms with Crippen molar-refractivity contribution >= 4 is 16.4 Å². The molecule has 0 bridgehead atoms. The van der Waals surface area contributed by atoms with Gasteiger partial charge in [-0.3, -0.25) is 0 Å². The molecule has 2 saturated carbocycles. The van der Waals surface area contributed by atoms with Crippen LogP contribution in [0.1, 0.15) is 81.4 Å². The summed E-state index contributed by atoms with van der Waals surface area (Å²) in [6, 6.07) is 4.03. The van der Waals surface area contributed by atoms with Gasteiger partial charge < -0.3 is 14.7 Å². The Hall–Kier alpha value is -1.80. The molecule has 0 heterocycles. The number of hydrogen-bond acceptors (Lipinski definition) is 5. The minimum Gasteiger partial charge on any atom is -0.446 e. The highest BCUT2D eigenvalue weighted by molar-refractivity contribution is 7.84. The fraction of sp³-hybridized carbons (Fsp3) is 0.682. The molecule has 4 N–H and O–H groups in total. The maximum absolute atomic E-state index is 11.5. The van der Waals surface area contributed by atoms with Crippen molar-refractivity contribution in [3.63, 3.8) is 0 Å². The Labute approximate surface area is 178 Å². The molecule has 3 aliphatic rings. The SMILES string of the molecule is CC(C)c1cc2c(cc1OS(N)(=O)=O)CC[C@@H]1[C@@H]2CC[C@]2(C)[C@@H](OC(N)=O)CC[C@@H]12. The lowest BCUT2D eigenvalue weighted by Crippen LogP contribution is -2.45. The van der Waals surface area contributed by atoms with Gasteiger partial charge in [0.25, 0.3) is 0 Å². The van der Waals surface area contributed by atoms with E-state index in [0.717, 1.165) is 49.7 Å². The predicted octanol–water partition coefficient (Wildman–Crippen LogP) is 3.71. The molecule has 166 valence electrons. The standard InChI is InChI=1S/C22H32N2O5S/c1-12(2)16-11-17-13(10-19(16)29-30(24,26)27)4-5-15-14(17)8-9-22(3)18(15)6-7-20(22)28-21(23)25/h10-12,14-15,18,20H,4-9H2,1-3H3,(H2,23,25)(H2,24,26,27)/t14-,15+,18-,20-,22-/m0/s1. The topological polar surface area (TPSA) is 122 Å². The zero-order chi connectivity index (χ0) is 21.8. The van der Waals surface area contributed by atoms with Gasteiger partial charge in [-0.05, 0) is 85.0 Å². The summed E-state index contributed by atoms with van der Waals surface area (Å²) < 4.78 is 33.7. The number of carbonyl (C=O) groups is 1. The minimum absolute atomic E-state index is 0.0226. The number of rotatable bonds is 4. The van der Waals surface area contributed by atoms with E-state index in [4.69, 9.17) is 19.8 Å². The average molecular weight is 437 g/mol. The molecule has 0 radical (unpaired) electrons. The molecule has 0 unspecified atom stereocenters. The van der Waals surface area contributed by atoms with Crippen molar-refractivity contribution in [1.29, 1.82) is 0 Å². The summed E-state index contributed by atoms with van der Waals surface area (Å²) in [7, 11) is -4.07. The largest absolute Gasteiger partial charge is 0.446 e. The minimum atomic E-state index is -4.07. The molecule has 1 amide bonds. The monoisotopic (exact) mass is 436 g/mol. The first-order chi connectivity index (χ1) is 14.0. The second-order valence-corrected chi connectivity index (χ2v) is 10.9. The third-order valence-corrected chi connectivity index (χ3v) is 8.27. The Bertz CT molecular complexity index is 961. The van der Waals surface area contributed by atoms with Gasteiger partial charge in [0.2, 0.25) is 0 Å². The number of nitrogens with two attached hydrogens (primary N) is 2. The van der Waals surface area contributed by atoms with Crippen molar-refractivity contribution in [3.05, 3.63) is 28.8 Å². The van der Waals surface area contributed by atoms with Crippen LogP contribution < -0.4 is 15.1 Å². The molecule has 1 aromatic carbocycles. The first kappa shape index (κ1) is 21.4. The number of primary amides is 1. The van der Waals surface area contributed by atoms with Crippen molar-refractivity contribution in [3.8, 4) is 5.75 Å². The number of amides is 1. The molecule has 8 heteroatoms. The highest BCUT2D eigenvalue weighted by atomic mass is 32.2. The van der Waals surface area contributed by atoms with Crippen LogP contribution in [0.4, 0.5) is 4.79 Å². The summed E-state index contributed by atoms with van der Waals surface area (Å²) in [5.74, 6) is 1.92. The molecule has 3 aliphatic carbocycles. The molecule has 0 aliphatic heterocycles. The fourth-order valence-corrected chi connectivity index (χ4v) is 6.95. The molecular weight excluding hydrogens is 404 g/mol. The third-order valence-electron chi connectivity index (χ3n) is 7.85. The van der Waals surface area contributed by atoms with E-state index in [0.29, 0.717) is 23.5 Å². The molecular formula is C22H32N2O5S. The lowest BCUT2D eigenvalue weighted by atomic mass is 9.55. The van der Waals surface area contributed by atoms with Gasteiger partial charge in [0, 0.05) is 5.41 Å². The van der Waals surface area contributed by atoms with Crippen LogP contribution in [0.25, 0.3) is 0 Å². The number of carbonyl (C=O) groups excluding carboxylic acids is 1. The molecule has 2 fully saturated rings. The van der Waals surface area contributed by atoms with Gasteiger partial charge in [0.1, 0.15) is 11.9 Å². The summed E-state index contributed by atoms with van der Waals surface area (Å²) in [5, 5.41) is 5.14. The van der Waals surface area contributed by atoms with Crippen LogP contribution in [-0.4, -0.2) is 20.6 Å². The van der Waals surface area contributed by atoms with Gasteiger partial charge in [0.05, 0.1) is 0 Å². The van der Waals surface area contributed by atoms with Gasteiger partial charge >= 0.3 is 16.4 Å². The maximum atomic E-state index is 11.5. The van der Waals surface area contributed by atoms with Crippen molar-refractivity contribution < 1.29 is 22.1 Å².